The Hall–Kier alpha value is -3.26. The van der Waals surface area contributed by atoms with Crippen LogP contribution in [0.5, 0.6) is 5.75 Å². The van der Waals surface area contributed by atoms with Gasteiger partial charge >= 0.3 is 0 Å². The summed E-state index contributed by atoms with van der Waals surface area (Å²) < 4.78 is 26.6. The predicted octanol–water partition coefficient (Wildman–Crippen LogP) is 2.57. The molecule has 1 aromatic carbocycles. The van der Waals surface area contributed by atoms with Gasteiger partial charge in [-0.15, -0.1) is 0 Å². The van der Waals surface area contributed by atoms with Crippen molar-refractivity contribution in [1.82, 2.24) is 14.5 Å². The summed E-state index contributed by atoms with van der Waals surface area (Å²) in [5.41, 5.74) is 1.87. The number of methoxy groups -OCH3 is 1. The number of morpholine rings is 1. The molecule has 29 heavy (non-hydrogen) atoms. The van der Waals surface area contributed by atoms with Gasteiger partial charge in [-0.05, 0) is 30.3 Å². The zero-order valence-corrected chi connectivity index (χ0v) is 16.2. The number of rotatable bonds is 4. The number of nitrogens with zero attached hydrogens (tertiary/aromatic N) is 4. The van der Waals surface area contributed by atoms with Crippen molar-refractivity contribution in [1.29, 1.82) is 0 Å². The molecule has 1 saturated heterocycles. The van der Waals surface area contributed by atoms with E-state index in [1.807, 2.05) is 17.0 Å². The van der Waals surface area contributed by atoms with Crippen LogP contribution >= 0.6 is 0 Å². The minimum Gasteiger partial charge on any atom is -0.496 e. The number of anilines is 1. The van der Waals surface area contributed by atoms with Crippen molar-refractivity contribution < 1.29 is 13.9 Å². The van der Waals surface area contributed by atoms with Gasteiger partial charge in [0.1, 0.15) is 17.7 Å². The Balaban J connectivity index is 1.69. The third kappa shape index (κ3) is 3.84. The number of hydrogen-bond acceptors (Lipinski definition) is 6. The van der Waals surface area contributed by atoms with E-state index < -0.39 is 6.10 Å². The Bertz CT molecular complexity index is 1070. The lowest BCUT2D eigenvalue weighted by molar-refractivity contribution is 0.0372. The maximum absolute atomic E-state index is 13.8. The largest absolute Gasteiger partial charge is 0.496 e. The molecule has 0 aliphatic carbocycles. The van der Waals surface area contributed by atoms with E-state index in [4.69, 9.17) is 14.5 Å². The van der Waals surface area contributed by atoms with Gasteiger partial charge in [0.15, 0.2) is 0 Å². The first-order valence-corrected chi connectivity index (χ1v) is 9.25. The summed E-state index contributed by atoms with van der Waals surface area (Å²) in [7, 11) is 3.23. The number of pyridine rings is 1. The number of benzene rings is 1. The summed E-state index contributed by atoms with van der Waals surface area (Å²) in [6.07, 6.45) is 2.92. The molecule has 1 fully saturated rings. The van der Waals surface area contributed by atoms with Gasteiger partial charge < -0.3 is 14.4 Å². The highest BCUT2D eigenvalue weighted by molar-refractivity contribution is 5.59. The molecule has 3 aromatic rings. The molecule has 8 heteroatoms. The highest BCUT2D eigenvalue weighted by atomic mass is 19.1. The SMILES string of the molecule is COc1ccc(F)cc1C1CN(c2nc(-c3ccncc3)cc(=O)n2C)CCO1. The predicted molar refractivity (Wildman–Crippen MR) is 107 cm³/mol. The van der Waals surface area contributed by atoms with E-state index in [2.05, 4.69) is 4.98 Å². The molecule has 0 amide bonds. The summed E-state index contributed by atoms with van der Waals surface area (Å²) in [5.74, 6) is 0.741. The van der Waals surface area contributed by atoms with Crippen molar-refractivity contribution in [3.8, 4) is 17.0 Å². The van der Waals surface area contributed by atoms with Gasteiger partial charge in [-0.1, -0.05) is 0 Å². The van der Waals surface area contributed by atoms with Crippen LogP contribution in [0.2, 0.25) is 0 Å². The van der Waals surface area contributed by atoms with Crippen molar-refractivity contribution in [2.24, 2.45) is 7.05 Å². The van der Waals surface area contributed by atoms with Crippen LogP contribution in [-0.2, 0) is 11.8 Å². The van der Waals surface area contributed by atoms with Crippen LogP contribution in [0, 0.1) is 5.82 Å². The third-order valence-electron chi connectivity index (χ3n) is 4.98. The van der Waals surface area contributed by atoms with Crippen LogP contribution < -0.4 is 15.2 Å². The minimum atomic E-state index is -0.407. The second-order valence-corrected chi connectivity index (χ2v) is 6.77. The van der Waals surface area contributed by atoms with E-state index in [0.29, 0.717) is 42.7 Å². The van der Waals surface area contributed by atoms with Gasteiger partial charge in [0.25, 0.3) is 5.56 Å². The molecule has 1 atom stereocenters. The maximum Gasteiger partial charge on any atom is 0.255 e. The fourth-order valence-electron chi connectivity index (χ4n) is 3.46. The van der Waals surface area contributed by atoms with Crippen LogP contribution in [0.15, 0.2) is 53.6 Å². The van der Waals surface area contributed by atoms with Crippen molar-refractivity contribution in [2.75, 3.05) is 31.7 Å². The zero-order valence-electron chi connectivity index (χ0n) is 16.2. The molecule has 1 aliphatic rings. The van der Waals surface area contributed by atoms with Crippen molar-refractivity contribution in [2.45, 2.75) is 6.10 Å². The fourth-order valence-corrected chi connectivity index (χ4v) is 3.46. The number of halogens is 1. The first kappa shape index (κ1) is 19.1. The van der Waals surface area contributed by atoms with E-state index in [1.165, 1.54) is 22.8 Å². The molecule has 0 spiro atoms. The summed E-state index contributed by atoms with van der Waals surface area (Å²) in [6, 6.07) is 9.49. The van der Waals surface area contributed by atoms with Crippen molar-refractivity contribution in [3.63, 3.8) is 0 Å². The lowest BCUT2D eigenvalue weighted by Gasteiger charge is -2.35. The first-order valence-electron chi connectivity index (χ1n) is 9.25. The molecule has 3 heterocycles. The second-order valence-electron chi connectivity index (χ2n) is 6.77. The molecule has 150 valence electrons. The van der Waals surface area contributed by atoms with E-state index >= 15 is 0 Å². The third-order valence-corrected chi connectivity index (χ3v) is 4.98. The quantitative estimate of drug-likeness (QED) is 0.675. The summed E-state index contributed by atoms with van der Waals surface area (Å²) >= 11 is 0. The van der Waals surface area contributed by atoms with Gasteiger partial charge in [0, 0.05) is 43.2 Å². The number of ether oxygens (including phenoxy) is 2. The zero-order chi connectivity index (χ0) is 20.4. The molecule has 1 unspecified atom stereocenters. The molecular formula is C21H21FN4O3. The van der Waals surface area contributed by atoms with Gasteiger partial charge in [0.2, 0.25) is 5.95 Å². The maximum atomic E-state index is 13.8. The molecule has 0 bridgehead atoms. The molecule has 0 N–H and O–H groups in total. The second kappa shape index (κ2) is 8.00. The van der Waals surface area contributed by atoms with Gasteiger partial charge in [-0.25, -0.2) is 9.37 Å². The molecule has 2 aromatic heterocycles. The van der Waals surface area contributed by atoms with E-state index in [1.54, 1.807) is 32.6 Å². The normalized spacial score (nSPS) is 16.7. The number of hydrogen-bond donors (Lipinski definition) is 0. The van der Waals surface area contributed by atoms with Gasteiger partial charge in [-0.2, -0.15) is 0 Å². The smallest absolute Gasteiger partial charge is 0.255 e. The van der Waals surface area contributed by atoms with Crippen LogP contribution in [0.4, 0.5) is 10.3 Å². The molecule has 7 nitrogen and oxygen atoms in total. The molecule has 4 rings (SSSR count). The number of aromatic nitrogens is 3. The Morgan fingerprint density at radius 1 is 1.21 bits per heavy atom. The monoisotopic (exact) mass is 396 g/mol. The van der Waals surface area contributed by atoms with Gasteiger partial charge in [0.05, 0.1) is 26.0 Å². The highest BCUT2D eigenvalue weighted by Gasteiger charge is 2.27. The molecule has 0 radical (unpaired) electrons. The average Bonchev–Trinajstić information content (AvgIpc) is 2.76. The molecule has 0 saturated carbocycles. The van der Waals surface area contributed by atoms with Crippen LogP contribution in [-0.4, -0.2) is 41.3 Å². The van der Waals surface area contributed by atoms with Crippen LogP contribution in [0.25, 0.3) is 11.3 Å². The van der Waals surface area contributed by atoms with E-state index in [-0.39, 0.29) is 11.4 Å². The Labute approximate surface area is 167 Å². The van der Waals surface area contributed by atoms with Crippen LogP contribution in [0.1, 0.15) is 11.7 Å². The average molecular weight is 396 g/mol. The Kier molecular flexibility index (Phi) is 5.26. The van der Waals surface area contributed by atoms with Crippen LogP contribution in [0.3, 0.4) is 0 Å². The summed E-state index contributed by atoms with van der Waals surface area (Å²) in [4.78, 5) is 23.3. The topological polar surface area (TPSA) is 69.5 Å². The summed E-state index contributed by atoms with van der Waals surface area (Å²) in [5, 5.41) is 0. The van der Waals surface area contributed by atoms with E-state index in [0.717, 1.165) is 5.56 Å². The minimum absolute atomic E-state index is 0.159. The summed E-state index contributed by atoms with van der Waals surface area (Å²) in [6.45, 7) is 1.40. The van der Waals surface area contributed by atoms with Crippen molar-refractivity contribution in [3.05, 3.63) is 70.5 Å². The fraction of sp³-hybridized carbons (Fsp3) is 0.286. The Morgan fingerprint density at radius 3 is 2.76 bits per heavy atom. The van der Waals surface area contributed by atoms with E-state index in [9.17, 15) is 9.18 Å². The highest BCUT2D eigenvalue weighted by Crippen LogP contribution is 2.32. The molecular weight excluding hydrogens is 375 g/mol. The lowest BCUT2D eigenvalue weighted by Crippen LogP contribution is -2.41. The molecule has 1 aliphatic heterocycles. The Morgan fingerprint density at radius 2 is 2.00 bits per heavy atom. The van der Waals surface area contributed by atoms with Crippen molar-refractivity contribution >= 4 is 5.95 Å². The standard InChI is InChI=1S/C21H21FN4O3/c1-25-20(27)12-17(14-5-7-23-8-6-14)24-21(25)26-9-10-29-19(13-26)16-11-15(22)3-4-18(16)28-2/h3-8,11-12,19H,9-10,13H2,1-2H3. The lowest BCUT2D eigenvalue weighted by atomic mass is 10.1. The first-order chi connectivity index (χ1) is 14.1. The van der Waals surface area contributed by atoms with Gasteiger partial charge in [-0.3, -0.25) is 14.3 Å².